The van der Waals surface area contributed by atoms with E-state index in [2.05, 4.69) is 0 Å². The van der Waals surface area contributed by atoms with Gasteiger partial charge in [0.15, 0.2) is 11.5 Å². The van der Waals surface area contributed by atoms with Crippen molar-refractivity contribution >= 4 is 29.1 Å². The van der Waals surface area contributed by atoms with Crippen molar-refractivity contribution in [3.8, 4) is 17.2 Å². The van der Waals surface area contributed by atoms with Crippen LogP contribution >= 0.6 is 23.2 Å². The Kier molecular flexibility index (Phi) is 7.63. The molecule has 0 aliphatic carbocycles. The Labute approximate surface area is 169 Å². The minimum Gasteiger partial charge on any atom is -0.493 e. The zero-order valence-electron chi connectivity index (χ0n) is 15.8. The van der Waals surface area contributed by atoms with Gasteiger partial charge in [-0.3, -0.25) is 4.79 Å². The number of amides is 1. The molecule has 0 atom stereocenters. The fraction of sp³-hybridized carbons (Fsp3) is 0.350. The molecule has 2 aromatic carbocycles. The molecule has 2 rings (SSSR count). The van der Waals surface area contributed by atoms with Crippen molar-refractivity contribution in [2.45, 2.75) is 19.4 Å². The summed E-state index contributed by atoms with van der Waals surface area (Å²) in [6.45, 7) is 0.463. The number of nitrogens with zero attached hydrogens (tertiary/aromatic N) is 1. The minimum absolute atomic E-state index is 0.0230. The number of ether oxygens (including phenoxy) is 3. The highest BCUT2D eigenvalue weighted by atomic mass is 35.5. The lowest BCUT2D eigenvalue weighted by Crippen LogP contribution is -2.26. The Morgan fingerprint density at radius 3 is 2.07 bits per heavy atom. The van der Waals surface area contributed by atoms with Gasteiger partial charge in [-0.15, -0.1) is 0 Å². The maximum Gasteiger partial charge on any atom is 0.222 e. The second kappa shape index (κ2) is 9.72. The van der Waals surface area contributed by atoms with E-state index in [0.717, 1.165) is 11.1 Å². The number of methoxy groups -OCH3 is 3. The van der Waals surface area contributed by atoms with E-state index in [1.165, 1.54) is 0 Å². The van der Waals surface area contributed by atoms with Crippen LogP contribution in [0.2, 0.25) is 10.0 Å². The fourth-order valence-corrected chi connectivity index (χ4v) is 3.04. The van der Waals surface area contributed by atoms with Crippen molar-refractivity contribution in [3.63, 3.8) is 0 Å². The maximum absolute atomic E-state index is 12.5. The molecule has 0 radical (unpaired) electrons. The third kappa shape index (κ3) is 5.44. The molecule has 1 amide bonds. The van der Waals surface area contributed by atoms with Crippen LogP contribution in [0.5, 0.6) is 17.2 Å². The van der Waals surface area contributed by atoms with Crippen molar-refractivity contribution in [1.29, 1.82) is 0 Å². The Bertz CT molecular complexity index is 786. The van der Waals surface area contributed by atoms with Gasteiger partial charge in [0.25, 0.3) is 0 Å². The fourth-order valence-electron chi connectivity index (χ4n) is 2.72. The number of hydrogen-bond donors (Lipinski definition) is 0. The number of benzene rings is 2. The van der Waals surface area contributed by atoms with Gasteiger partial charge in [-0.1, -0.05) is 29.3 Å². The van der Waals surface area contributed by atoms with Crippen LogP contribution in [0, 0.1) is 0 Å². The minimum atomic E-state index is 0.0230. The van der Waals surface area contributed by atoms with Crippen LogP contribution in [0.25, 0.3) is 0 Å². The largest absolute Gasteiger partial charge is 0.493 e. The van der Waals surface area contributed by atoms with E-state index in [1.54, 1.807) is 45.4 Å². The maximum atomic E-state index is 12.5. The molecule has 0 unspecified atom stereocenters. The summed E-state index contributed by atoms with van der Waals surface area (Å²) in [6.07, 6.45) is 0.914. The van der Waals surface area contributed by atoms with Gasteiger partial charge < -0.3 is 19.1 Å². The van der Waals surface area contributed by atoms with Crippen molar-refractivity contribution in [2.24, 2.45) is 0 Å². The Balaban J connectivity index is 2.02. The lowest BCUT2D eigenvalue weighted by Gasteiger charge is -2.18. The van der Waals surface area contributed by atoms with Gasteiger partial charge in [-0.25, -0.2) is 0 Å². The van der Waals surface area contributed by atoms with E-state index >= 15 is 0 Å². The molecular weight excluding hydrogens is 389 g/mol. The molecule has 0 aromatic heterocycles. The van der Waals surface area contributed by atoms with Crippen molar-refractivity contribution in [1.82, 2.24) is 4.90 Å². The lowest BCUT2D eigenvalue weighted by molar-refractivity contribution is -0.130. The number of halogens is 2. The van der Waals surface area contributed by atoms with Crippen molar-refractivity contribution in [3.05, 3.63) is 51.5 Å². The van der Waals surface area contributed by atoms with E-state index < -0.39 is 0 Å². The zero-order chi connectivity index (χ0) is 20.0. The first-order chi connectivity index (χ1) is 12.9. The second-order valence-corrected chi connectivity index (χ2v) is 6.85. The van der Waals surface area contributed by atoms with Crippen LogP contribution in [0.4, 0.5) is 0 Å². The van der Waals surface area contributed by atoms with Gasteiger partial charge in [0, 0.05) is 20.0 Å². The number of carbonyl (C=O) groups excluding carboxylic acids is 1. The Morgan fingerprint density at radius 2 is 1.56 bits per heavy atom. The average molecular weight is 412 g/mol. The normalized spacial score (nSPS) is 10.4. The molecule has 0 aliphatic heterocycles. The van der Waals surface area contributed by atoms with E-state index in [1.807, 2.05) is 18.2 Å². The average Bonchev–Trinajstić information content (AvgIpc) is 2.67. The van der Waals surface area contributed by atoms with Gasteiger partial charge in [0.1, 0.15) is 0 Å². The monoisotopic (exact) mass is 411 g/mol. The van der Waals surface area contributed by atoms with E-state index in [9.17, 15) is 4.79 Å². The van der Waals surface area contributed by atoms with Gasteiger partial charge in [-0.05, 0) is 41.8 Å². The molecule has 0 spiro atoms. The molecule has 2 aromatic rings. The quantitative estimate of drug-likeness (QED) is 0.636. The summed E-state index contributed by atoms with van der Waals surface area (Å²) in [4.78, 5) is 14.1. The smallest absolute Gasteiger partial charge is 0.222 e. The third-order valence-corrected chi connectivity index (χ3v) is 4.92. The van der Waals surface area contributed by atoms with Crippen LogP contribution in [-0.4, -0.2) is 39.2 Å². The molecule has 0 heterocycles. The SMILES string of the molecule is COc1cc(CCC(=O)N(C)Cc2ccc(Cl)c(Cl)c2)cc(OC)c1OC. The number of aryl methyl sites for hydroxylation is 1. The summed E-state index contributed by atoms with van der Waals surface area (Å²) < 4.78 is 16.0. The molecule has 0 fully saturated rings. The van der Waals surface area contributed by atoms with Crippen molar-refractivity contribution in [2.75, 3.05) is 28.4 Å². The lowest BCUT2D eigenvalue weighted by atomic mass is 10.1. The van der Waals surface area contributed by atoms with Gasteiger partial charge in [0.2, 0.25) is 11.7 Å². The summed E-state index contributed by atoms with van der Waals surface area (Å²) in [6, 6.07) is 9.07. The second-order valence-electron chi connectivity index (χ2n) is 6.03. The first-order valence-electron chi connectivity index (χ1n) is 8.36. The molecule has 0 N–H and O–H groups in total. The summed E-state index contributed by atoms with van der Waals surface area (Å²) in [7, 11) is 6.45. The predicted molar refractivity (Wildman–Crippen MR) is 107 cm³/mol. The molecule has 146 valence electrons. The van der Waals surface area contributed by atoms with Crippen LogP contribution in [0.3, 0.4) is 0 Å². The predicted octanol–water partition coefficient (Wildman–Crippen LogP) is 4.61. The first kappa shape index (κ1) is 21.2. The summed E-state index contributed by atoms with van der Waals surface area (Å²) in [5.41, 5.74) is 1.86. The van der Waals surface area contributed by atoms with Gasteiger partial charge in [0.05, 0.1) is 31.4 Å². The van der Waals surface area contributed by atoms with Crippen molar-refractivity contribution < 1.29 is 19.0 Å². The molecule has 0 aliphatic rings. The third-order valence-electron chi connectivity index (χ3n) is 4.18. The molecule has 7 heteroatoms. The molecule has 5 nitrogen and oxygen atoms in total. The number of rotatable bonds is 8. The Hall–Kier alpha value is -2.11. The Morgan fingerprint density at radius 1 is 0.926 bits per heavy atom. The number of hydrogen-bond acceptors (Lipinski definition) is 4. The van der Waals surface area contributed by atoms with Crippen LogP contribution in [-0.2, 0) is 17.8 Å². The topological polar surface area (TPSA) is 48.0 Å². The highest BCUT2D eigenvalue weighted by molar-refractivity contribution is 6.42. The van der Waals surface area contributed by atoms with Crippen LogP contribution in [0.1, 0.15) is 17.5 Å². The van der Waals surface area contributed by atoms with E-state index in [0.29, 0.717) is 46.7 Å². The van der Waals surface area contributed by atoms with E-state index in [-0.39, 0.29) is 5.91 Å². The van der Waals surface area contributed by atoms with Crippen LogP contribution in [0.15, 0.2) is 30.3 Å². The molecule has 27 heavy (non-hydrogen) atoms. The molecule has 0 saturated carbocycles. The van der Waals surface area contributed by atoms with Gasteiger partial charge >= 0.3 is 0 Å². The summed E-state index contributed by atoms with van der Waals surface area (Å²) in [5.74, 6) is 1.70. The summed E-state index contributed by atoms with van der Waals surface area (Å²) in [5, 5.41) is 0.976. The van der Waals surface area contributed by atoms with Gasteiger partial charge in [-0.2, -0.15) is 0 Å². The highest BCUT2D eigenvalue weighted by Crippen LogP contribution is 2.38. The van der Waals surface area contributed by atoms with E-state index in [4.69, 9.17) is 37.4 Å². The standard InChI is InChI=1S/C20H23Cl2NO4/c1-23(12-14-5-7-15(21)16(22)9-14)19(24)8-6-13-10-17(25-2)20(27-4)18(11-13)26-3/h5,7,9-11H,6,8,12H2,1-4H3. The molecule has 0 bridgehead atoms. The zero-order valence-corrected chi connectivity index (χ0v) is 17.4. The number of carbonyl (C=O) groups is 1. The first-order valence-corrected chi connectivity index (χ1v) is 9.12. The van der Waals surface area contributed by atoms with Crippen LogP contribution < -0.4 is 14.2 Å². The molecule has 0 saturated heterocycles. The summed E-state index contributed by atoms with van der Waals surface area (Å²) >= 11 is 12.0. The molecular formula is C20H23Cl2NO4. The highest BCUT2D eigenvalue weighted by Gasteiger charge is 2.15.